The molecule has 170 valence electrons. The molecule has 2 aromatic carbocycles. The summed E-state index contributed by atoms with van der Waals surface area (Å²) in [4.78, 5) is 14.7. The summed E-state index contributed by atoms with van der Waals surface area (Å²) in [6, 6.07) is 17.3. The monoisotopic (exact) mass is 436 g/mol. The molecule has 0 aliphatic rings. The second-order valence-corrected chi connectivity index (χ2v) is 7.62. The number of methoxy groups -OCH3 is 1. The first-order valence-corrected chi connectivity index (χ1v) is 11.0. The van der Waals surface area contributed by atoms with E-state index in [-0.39, 0.29) is 12.1 Å². The van der Waals surface area contributed by atoms with E-state index in [0.717, 1.165) is 29.0 Å². The summed E-state index contributed by atoms with van der Waals surface area (Å²) in [5.74, 6) is 2.03. The maximum atomic E-state index is 12.9. The van der Waals surface area contributed by atoms with Gasteiger partial charge < -0.3 is 19.7 Å². The highest BCUT2D eigenvalue weighted by Gasteiger charge is 2.26. The van der Waals surface area contributed by atoms with Crippen LogP contribution in [-0.4, -0.2) is 40.4 Å². The van der Waals surface area contributed by atoms with Gasteiger partial charge >= 0.3 is 6.03 Å². The Morgan fingerprint density at radius 2 is 1.75 bits per heavy atom. The third kappa shape index (κ3) is 5.22. The normalized spacial score (nSPS) is 11.7. The molecule has 1 unspecified atom stereocenters. The fourth-order valence-corrected chi connectivity index (χ4v) is 3.48. The zero-order valence-electron chi connectivity index (χ0n) is 19.5. The molecule has 0 saturated carbocycles. The van der Waals surface area contributed by atoms with Crippen LogP contribution in [0.25, 0.3) is 11.3 Å². The zero-order chi connectivity index (χ0) is 23.1. The number of benzene rings is 2. The Bertz CT molecular complexity index is 1020. The highest BCUT2D eigenvalue weighted by molar-refractivity contribution is 5.75. The lowest BCUT2D eigenvalue weighted by molar-refractivity contribution is 0.173. The molecule has 0 fully saturated rings. The largest absolute Gasteiger partial charge is 0.497 e. The highest BCUT2D eigenvalue weighted by Crippen LogP contribution is 2.35. The average molecular weight is 437 g/mol. The Kier molecular flexibility index (Phi) is 7.76. The minimum Gasteiger partial charge on any atom is -0.497 e. The van der Waals surface area contributed by atoms with Crippen LogP contribution >= 0.6 is 0 Å². The SMILES string of the molecule is CCNC(=O)N(Cc1c(-c2ccccc2)nn(C)c1Oc1ccc(OC)cc1)C(C)CC. The van der Waals surface area contributed by atoms with Crippen molar-refractivity contribution in [2.45, 2.75) is 39.8 Å². The third-order valence-electron chi connectivity index (χ3n) is 5.45. The topological polar surface area (TPSA) is 68.6 Å². The maximum absolute atomic E-state index is 12.9. The first kappa shape index (κ1) is 23.2. The van der Waals surface area contributed by atoms with E-state index in [1.165, 1.54) is 0 Å². The molecule has 7 heteroatoms. The molecule has 0 spiro atoms. The minimum atomic E-state index is -0.0971. The fourth-order valence-electron chi connectivity index (χ4n) is 3.48. The Morgan fingerprint density at radius 1 is 1.09 bits per heavy atom. The molecule has 0 aliphatic carbocycles. The van der Waals surface area contributed by atoms with Gasteiger partial charge in [-0.05, 0) is 44.5 Å². The van der Waals surface area contributed by atoms with Crippen LogP contribution in [-0.2, 0) is 13.6 Å². The average Bonchev–Trinajstić information content (AvgIpc) is 3.13. The lowest BCUT2D eigenvalue weighted by Crippen LogP contribution is -2.44. The molecule has 1 atom stereocenters. The van der Waals surface area contributed by atoms with Crippen LogP contribution < -0.4 is 14.8 Å². The molecule has 1 heterocycles. The second kappa shape index (κ2) is 10.7. The first-order valence-electron chi connectivity index (χ1n) is 11.0. The van der Waals surface area contributed by atoms with Crippen molar-refractivity contribution >= 4 is 6.03 Å². The third-order valence-corrected chi connectivity index (χ3v) is 5.45. The molecule has 3 aromatic rings. The van der Waals surface area contributed by atoms with Gasteiger partial charge in [0.1, 0.15) is 17.2 Å². The van der Waals surface area contributed by atoms with Gasteiger partial charge in [-0.15, -0.1) is 0 Å². The van der Waals surface area contributed by atoms with Crippen molar-refractivity contribution in [3.63, 3.8) is 0 Å². The second-order valence-electron chi connectivity index (χ2n) is 7.62. The minimum absolute atomic E-state index is 0.0548. The van der Waals surface area contributed by atoms with Crippen molar-refractivity contribution in [2.75, 3.05) is 13.7 Å². The van der Waals surface area contributed by atoms with Gasteiger partial charge in [0.25, 0.3) is 0 Å². The number of hydrogen-bond acceptors (Lipinski definition) is 4. The first-order chi connectivity index (χ1) is 15.5. The van der Waals surface area contributed by atoms with E-state index in [1.807, 2.05) is 73.5 Å². The number of rotatable bonds is 9. The van der Waals surface area contributed by atoms with Crippen LogP contribution in [0.1, 0.15) is 32.8 Å². The molecule has 0 bridgehead atoms. The number of aryl methyl sites for hydroxylation is 1. The summed E-state index contributed by atoms with van der Waals surface area (Å²) in [6.45, 7) is 7.00. The maximum Gasteiger partial charge on any atom is 0.317 e. The van der Waals surface area contributed by atoms with E-state index in [4.69, 9.17) is 14.6 Å². The van der Waals surface area contributed by atoms with Crippen molar-refractivity contribution in [1.29, 1.82) is 0 Å². The van der Waals surface area contributed by atoms with Gasteiger partial charge in [0.05, 0.1) is 19.2 Å². The predicted molar refractivity (Wildman–Crippen MR) is 126 cm³/mol. The Hall–Kier alpha value is -3.48. The van der Waals surface area contributed by atoms with Gasteiger partial charge in [0, 0.05) is 25.2 Å². The number of urea groups is 1. The van der Waals surface area contributed by atoms with E-state index in [9.17, 15) is 4.79 Å². The van der Waals surface area contributed by atoms with Gasteiger partial charge in [-0.25, -0.2) is 9.48 Å². The molecule has 32 heavy (non-hydrogen) atoms. The van der Waals surface area contributed by atoms with Gasteiger partial charge in [0.15, 0.2) is 0 Å². The smallest absolute Gasteiger partial charge is 0.317 e. The van der Waals surface area contributed by atoms with E-state index >= 15 is 0 Å². The van der Waals surface area contributed by atoms with Gasteiger partial charge in [0.2, 0.25) is 5.88 Å². The summed E-state index contributed by atoms with van der Waals surface area (Å²) in [5.41, 5.74) is 2.64. The van der Waals surface area contributed by atoms with Gasteiger partial charge in [-0.3, -0.25) is 0 Å². The van der Waals surface area contributed by atoms with E-state index in [2.05, 4.69) is 19.2 Å². The Morgan fingerprint density at radius 3 is 2.34 bits per heavy atom. The lowest BCUT2D eigenvalue weighted by Gasteiger charge is -2.29. The van der Waals surface area contributed by atoms with Crippen molar-refractivity contribution in [2.24, 2.45) is 7.05 Å². The van der Waals surface area contributed by atoms with Crippen LogP contribution in [0.4, 0.5) is 4.79 Å². The Labute approximate surface area is 190 Å². The van der Waals surface area contributed by atoms with Crippen molar-refractivity contribution in [3.8, 4) is 28.6 Å². The number of aromatic nitrogens is 2. The number of amides is 2. The number of nitrogens with one attached hydrogen (secondary N) is 1. The molecule has 1 aromatic heterocycles. The van der Waals surface area contributed by atoms with Gasteiger partial charge in [-0.2, -0.15) is 5.10 Å². The van der Waals surface area contributed by atoms with Crippen molar-refractivity contribution < 1.29 is 14.3 Å². The molecule has 2 amide bonds. The van der Waals surface area contributed by atoms with Crippen LogP contribution in [0.15, 0.2) is 54.6 Å². The number of hydrogen-bond donors (Lipinski definition) is 1. The van der Waals surface area contributed by atoms with Gasteiger partial charge in [-0.1, -0.05) is 37.3 Å². The summed E-state index contributed by atoms with van der Waals surface area (Å²) in [5, 5.41) is 7.70. The predicted octanol–water partition coefficient (Wildman–Crippen LogP) is 5.22. The van der Waals surface area contributed by atoms with Crippen LogP contribution in [0, 0.1) is 0 Å². The summed E-state index contributed by atoms with van der Waals surface area (Å²) >= 11 is 0. The van der Waals surface area contributed by atoms with Crippen LogP contribution in [0.3, 0.4) is 0 Å². The summed E-state index contributed by atoms with van der Waals surface area (Å²) in [6.07, 6.45) is 0.840. The molecule has 0 saturated heterocycles. The van der Waals surface area contributed by atoms with Crippen molar-refractivity contribution in [3.05, 3.63) is 60.2 Å². The van der Waals surface area contributed by atoms with E-state index < -0.39 is 0 Å². The number of carbonyl (C=O) groups excluding carboxylic acids is 1. The zero-order valence-corrected chi connectivity index (χ0v) is 19.5. The van der Waals surface area contributed by atoms with Crippen molar-refractivity contribution in [1.82, 2.24) is 20.0 Å². The molecule has 3 rings (SSSR count). The molecule has 0 radical (unpaired) electrons. The number of ether oxygens (including phenoxy) is 2. The Balaban J connectivity index is 2.06. The highest BCUT2D eigenvalue weighted by atomic mass is 16.5. The molecular formula is C25H32N4O3. The lowest BCUT2D eigenvalue weighted by atomic mass is 10.1. The van der Waals surface area contributed by atoms with E-state index in [0.29, 0.717) is 24.7 Å². The van der Waals surface area contributed by atoms with E-state index in [1.54, 1.807) is 11.8 Å². The summed E-state index contributed by atoms with van der Waals surface area (Å²) < 4.78 is 13.3. The standard InChI is InChI=1S/C25H32N4O3/c1-6-18(3)29(25(30)26-7-2)17-22-23(19-11-9-8-10-12-19)27-28(4)24(22)32-21-15-13-20(31-5)14-16-21/h8-16,18H,6-7,17H2,1-5H3,(H,26,30). The molecule has 7 nitrogen and oxygen atoms in total. The van der Waals surface area contributed by atoms with Crippen LogP contribution in [0.2, 0.25) is 0 Å². The number of carbonyl (C=O) groups is 1. The summed E-state index contributed by atoms with van der Waals surface area (Å²) in [7, 11) is 3.49. The molecule has 0 aliphatic heterocycles. The van der Waals surface area contributed by atoms with Crippen LogP contribution in [0.5, 0.6) is 17.4 Å². The molecular weight excluding hydrogens is 404 g/mol. The number of nitrogens with zero attached hydrogens (tertiary/aromatic N) is 3. The fraction of sp³-hybridized carbons (Fsp3) is 0.360. The molecule has 1 N–H and O–H groups in total. The quantitative estimate of drug-likeness (QED) is 0.499.